The van der Waals surface area contributed by atoms with Crippen LogP contribution < -0.4 is 5.73 Å². The fraction of sp³-hybridized carbons (Fsp3) is 0.357. The van der Waals surface area contributed by atoms with Crippen molar-refractivity contribution < 1.29 is 4.79 Å². The summed E-state index contributed by atoms with van der Waals surface area (Å²) < 4.78 is 0. The number of hydrogen-bond acceptors (Lipinski definition) is 4. The van der Waals surface area contributed by atoms with E-state index in [0.717, 1.165) is 34.6 Å². The maximum Gasteiger partial charge on any atom is 0.230 e. The van der Waals surface area contributed by atoms with Gasteiger partial charge >= 0.3 is 0 Å². The number of carbonyl (C=O) groups excluding carboxylic acids is 1. The van der Waals surface area contributed by atoms with Gasteiger partial charge in [0.1, 0.15) is 10.9 Å². The van der Waals surface area contributed by atoms with Crippen molar-refractivity contribution in [2.75, 3.05) is 0 Å². The van der Waals surface area contributed by atoms with Crippen LogP contribution in [0.3, 0.4) is 0 Å². The quantitative estimate of drug-likeness (QED) is 0.686. The lowest BCUT2D eigenvalue weighted by Gasteiger charge is -2.10. The normalized spacial score (nSPS) is 16.5. The molecule has 98 valence electrons. The summed E-state index contributed by atoms with van der Waals surface area (Å²) in [6.45, 7) is 1.81. The number of nitrogens with zero attached hydrogens (tertiary/aromatic N) is 2. The molecular weight excluding hydrogens is 258 g/mol. The highest BCUT2D eigenvalue weighted by Gasteiger charge is 2.28. The third kappa shape index (κ3) is 2.56. The first-order valence-corrected chi connectivity index (χ1v) is 7.26. The molecule has 1 atom stereocenters. The molecule has 0 spiro atoms. The molecule has 0 aliphatic heterocycles. The number of amides is 1. The van der Waals surface area contributed by atoms with Gasteiger partial charge in [-0.15, -0.1) is 0 Å². The first-order chi connectivity index (χ1) is 9.15. The summed E-state index contributed by atoms with van der Waals surface area (Å²) in [7, 11) is 0. The lowest BCUT2D eigenvalue weighted by molar-refractivity contribution is -0.117. The van der Waals surface area contributed by atoms with Crippen LogP contribution in [0.5, 0.6) is 0 Å². The summed E-state index contributed by atoms with van der Waals surface area (Å²) in [6, 6.07) is 7.91. The molecule has 19 heavy (non-hydrogen) atoms. The maximum absolute atomic E-state index is 11.2. The standard InChI is InChI=1S/C14H15N3OS/c1-8(12(15)18)19-14-10-4-2-3-5-11(10)16-13(17-14)9-6-7-9/h2-5,8-9H,6-7H2,1H3,(H2,15,18). The largest absolute Gasteiger partial charge is 0.369 e. The van der Waals surface area contributed by atoms with E-state index in [-0.39, 0.29) is 11.2 Å². The molecule has 1 aromatic carbocycles. The second-order valence-corrected chi connectivity index (χ2v) is 6.17. The predicted octanol–water partition coefficient (Wildman–Crippen LogP) is 2.47. The number of carbonyl (C=O) groups is 1. The predicted molar refractivity (Wildman–Crippen MR) is 76.0 cm³/mol. The van der Waals surface area contributed by atoms with E-state index in [2.05, 4.69) is 9.97 Å². The van der Waals surface area contributed by atoms with Crippen LogP contribution in [-0.2, 0) is 4.79 Å². The maximum atomic E-state index is 11.2. The Balaban J connectivity index is 2.06. The number of para-hydroxylation sites is 1. The van der Waals surface area contributed by atoms with E-state index in [1.165, 1.54) is 11.8 Å². The molecule has 2 N–H and O–H groups in total. The van der Waals surface area contributed by atoms with E-state index in [1.54, 1.807) is 6.92 Å². The molecule has 1 unspecified atom stereocenters. The monoisotopic (exact) mass is 273 g/mol. The van der Waals surface area contributed by atoms with Crippen molar-refractivity contribution in [1.29, 1.82) is 0 Å². The first-order valence-electron chi connectivity index (χ1n) is 6.38. The average Bonchev–Trinajstić information content (AvgIpc) is 3.22. The van der Waals surface area contributed by atoms with Gasteiger partial charge in [0.2, 0.25) is 5.91 Å². The van der Waals surface area contributed by atoms with Gasteiger partial charge in [0.05, 0.1) is 10.8 Å². The summed E-state index contributed by atoms with van der Waals surface area (Å²) in [5.41, 5.74) is 6.28. The zero-order chi connectivity index (χ0) is 13.4. The number of rotatable bonds is 4. The highest BCUT2D eigenvalue weighted by atomic mass is 32.2. The SMILES string of the molecule is CC(Sc1nc(C2CC2)nc2ccccc12)C(N)=O. The van der Waals surface area contributed by atoms with E-state index in [4.69, 9.17) is 5.73 Å². The number of aromatic nitrogens is 2. The van der Waals surface area contributed by atoms with Crippen molar-refractivity contribution in [1.82, 2.24) is 9.97 Å². The number of benzene rings is 1. The molecule has 5 heteroatoms. The summed E-state index contributed by atoms with van der Waals surface area (Å²) in [6.07, 6.45) is 2.32. The minimum atomic E-state index is -0.319. The third-order valence-electron chi connectivity index (χ3n) is 3.22. The first kappa shape index (κ1) is 12.4. The fourth-order valence-electron chi connectivity index (χ4n) is 1.90. The molecule has 3 rings (SSSR count). The van der Waals surface area contributed by atoms with E-state index in [1.807, 2.05) is 24.3 Å². The van der Waals surface area contributed by atoms with Crippen molar-refractivity contribution in [2.45, 2.75) is 36.0 Å². The van der Waals surface area contributed by atoms with Crippen LogP contribution in [-0.4, -0.2) is 21.1 Å². The molecule has 1 aliphatic rings. The lowest BCUT2D eigenvalue weighted by atomic mass is 10.2. The molecule has 4 nitrogen and oxygen atoms in total. The molecule has 1 aromatic heterocycles. The van der Waals surface area contributed by atoms with Gasteiger partial charge in [-0.05, 0) is 25.8 Å². The van der Waals surface area contributed by atoms with Crippen molar-refractivity contribution >= 4 is 28.6 Å². The van der Waals surface area contributed by atoms with Gasteiger partial charge in [-0.1, -0.05) is 30.0 Å². The summed E-state index contributed by atoms with van der Waals surface area (Å²) in [5, 5.41) is 1.56. The van der Waals surface area contributed by atoms with Gasteiger partial charge in [0.15, 0.2) is 0 Å². The molecular formula is C14H15N3OS. The topological polar surface area (TPSA) is 68.9 Å². The minimum absolute atomic E-state index is 0.287. The van der Waals surface area contributed by atoms with Gasteiger partial charge in [-0.25, -0.2) is 9.97 Å². The van der Waals surface area contributed by atoms with Crippen molar-refractivity contribution in [2.24, 2.45) is 5.73 Å². The number of nitrogens with two attached hydrogens (primary N) is 1. The van der Waals surface area contributed by atoms with E-state index in [0.29, 0.717) is 5.92 Å². The average molecular weight is 273 g/mol. The van der Waals surface area contributed by atoms with Crippen LogP contribution in [0.4, 0.5) is 0 Å². The molecule has 0 radical (unpaired) electrons. The Labute approximate surface area is 115 Å². The zero-order valence-corrected chi connectivity index (χ0v) is 11.5. The molecule has 1 heterocycles. The van der Waals surface area contributed by atoms with E-state index in [9.17, 15) is 4.79 Å². The Bertz CT molecular complexity index is 640. The van der Waals surface area contributed by atoms with Crippen molar-refractivity contribution in [3.05, 3.63) is 30.1 Å². The second-order valence-electron chi connectivity index (χ2n) is 4.84. The Morgan fingerprint density at radius 1 is 1.37 bits per heavy atom. The summed E-state index contributed by atoms with van der Waals surface area (Å²) in [4.78, 5) is 20.5. The Morgan fingerprint density at radius 3 is 2.79 bits per heavy atom. The third-order valence-corrected chi connectivity index (χ3v) is 4.34. The summed E-state index contributed by atoms with van der Waals surface area (Å²) in [5.74, 6) is 1.08. The highest BCUT2D eigenvalue weighted by Crippen LogP contribution is 2.40. The van der Waals surface area contributed by atoms with Crippen LogP contribution in [0.2, 0.25) is 0 Å². The Morgan fingerprint density at radius 2 is 2.11 bits per heavy atom. The second kappa shape index (κ2) is 4.81. The molecule has 0 bridgehead atoms. The highest BCUT2D eigenvalue weighted by molar-refractivity contribution is 8.00. The van der Waals surface area contributed by atoms with Gasteiger partial charge in [-0.2, -0.15) is 0 Å². The molecule has 1 fully saturated rings. The number of hydrogen-bond donors (Lipinski definition) is 1. The van der Waals surface area contributed by atoms with Crippen LogP contribution in [0, 0.1) is 0 Å². The molecule has 1 aliphatic carbocycles. The van der Waals surface area contributed by atoms with Crippen LogP contribution in [0.15, 0.2) is 29.3 Å². The fourth-order valence-corrected chi connectivity index (χ4v) is 2.80. The lowest BCUT2D eigenvalue weighted by Crippen LogP contribution is -2.22. The van der Waals surface area contributed by atoms with Crippen LogP contribution in [0.1, 0.15) is 31.5 Å². The molecule has 0 saturated heterocycles. The molecule has 1 amide bonds. The van der Waals surface area contributed by atoms with Crippen LogP contribution in [0.25, 0.3) is 10.9 Å². The van der Waals surface area contributed by atoms with Crippen LogP contribution >= 0.6 is 11.8 Å². The van der Waals surface area contributed by atoms with Crippen molar-refractivity contribution in [3.8, 4) is 0 Å². The molecule has 1 saturated carbocycles. The summed E-state index contributed by atoms with van der Waals surface area (Å²) >= 11 is 1.41. The number of thioether (sulfide) groups is 1. The smallest absolute Gasteiger partial charge is 0.230 e. The van der Waals surface area contributed by atoms with Crippen molar-refractivity contribution in [3.63, 3.8) is 0 Å². The van der Waals surface area contributed by atoms with Gasteiger partial charge in [-0.3, -0.25) is 4.79 Å². The minimum Gasteiger partial charge on any atom is -0.369 e. The van der Waals surface area contributed by atoms with E-state index >= 15 is 0 Å². The Kier molecular flexibility index (Phi) is 3.14. The Hall–Kier alpha value is -1.62. The zero-order valence-electron chi connectivity index (χ0n) is 10.7. The number of fused-ring (bicyclic) bond motifs is 1. The van der Waals surface area contributed by atoms with Gasteiger partial charge in [0.25, 0.3) is 0 Å². The van der Waals surface area contributed by atoms with E-state index < -0.39 is 0 Å². The van der Waals surface area contributed by atoms with Gasteiger partial charge < -0.3 is 5.73 Å². The van der Waals surface area contributed by atoms with Gasteiger partial charge in [0, 0.05) is 11.3 Å². The molecule has 2 aromatic rings. The number of primary amides is 1.